The van der Waals surface area contributed by atoms with Crippen LogP contribution in [0.4, 0.5) is 5.69 Å². The molecule has 36 heavy (non-hydrogen) atoms. The molecule has 0 unspecified atom stereocenters. The molecule has 1 aliphatic heterocycles. The van der Waals surface area contributed by atoms with Crippen LogP contribution in [0.2, 0.25) is 10.0 Å². The monoisotopic (exact) mass is 547 g/mol. The van der Waals surface area contributed by atoms with E-state index in [0.29, 0.717) is 5.02 Å². The number of halogens is 2. The highest BCUT2D eigenvalue weighted by Crippen LogP contribution is 2.32. The van der Waals surface area contributed by atoms with E-state index in [9.17, 15) is 13.2 Å². The van der Waals surface area contributed by atoms with Gasteiger partial charge in [0.25, 0.3) is 10.0 Å². The predicted molar refractivity (Wildman–Crippen MR) is 142 cm³/mol. The fourth-order valence-corrected chi connectivity index (χ4v) is 5.83. The van der Waals surface area contributed by atoms with Crippen LogP contribution in [0.15, 0.2) is 77.7 Å². The molecule has 4 rings (SSSR count). The van der Waals surface area contributed by atoms with Crippen LogP contribution in [0.25, 0.3) is 0 Å². The molecule has 0 spiro atoms. The number of rotatable bonds is 9. The predicted octanol–water partition coefficient (Wildman–Crippen LogP) is 4.34. The highest BCUT2D eigenvalue weighted by molar-refractivity contribution is 7.92. The summed E-state index contributed by atoms with van der Waals surface area (Å²) in [5, 5.41) is 3.31. The molecule has 1 heterocycles. The maximum atomic E-state index is 13.5. The number of amides is 1. The molecule has 1 saturated heterocycles. The number of sulfonamides is 1. The van der Waals surface area contributed by atoms with Crippen molar-refractivity contribution in [2.45, 2.75) is 18.0 Å². The standard InChI is InChI=1S/C26H27Cl2N3O4S/c27-22-9-10-24(28)25(16-22)31(36(33,34)23-7-2-1-3-8-23)19-26(32)29-17-20-5-4-6-21(15-20)18-30-11-13-35-14-12-30/h1-10,15-16H,11-14,17-19H2,(H,29,32). The summed E-state index contributed by atoms with van der Waals surface area (Å²) in [5.41, 5.74) is 2.20. The van der Waals surface area contributed by atoms with Crippen LogP contribution in [0.3, 0.4) is 0 Å². The highest BCUT2D eigenvalue weighted by Gasteiger charge is 2.29. The first-order chi connectivity index (χ1) is 17.3. The van der Waals surface area contributed by atoms with Gasteiger partial charge in [-0.15, -0.1) is 0 Å². The van der Waals surface area contributed by atoms with E-state index in [1.807, 2.05) is 18.2 Å². The van der Waals surface area contributed by atoms with Gasteiger partial charge in [-0.25, -0.2) is 8.42 Å². The van der Waals surface area contributed by atoms with Gasteiger partial charge in [0, 0.05) is 31.2 Å². The molecule has 10 heteroatoms. The Balaban J connectivity index is 1.49. The van der Waals surface area contributed by atoms with E-state index in [1.165, 1.54) is 24.3 Å². The average Bonchev–Trinajstić information content (AvgIpc) is 2.89. The lowest BCUT2D eigenvalue weighted by Crippen LogP contribution is -2.40. The minimum absolute atomic E-state index is 0.0460. The van der Waals surface area contributed by atoms with Gasteiger partial charge in [0.1, 0.15) is 6.54 Å². The summed E-state index contributed by atoms with van der Waals surface area (Å²) in [4.78, 5) is 15.3. The van der Waals surface area contributed by atoms with Gasteiger partial charge >= 0.3 is 0 Å². The molecule has 7 nitrogen and oxygen atoms in total. The third kappa shape index (κ3) is 6.78. The number of anilines is 1. The minimum Gasteiger partial charge on any atom is -0.379 e. The number of hydrogen-bond acceptors (Lipinski definition) is 5. The van der Waals surface area contributed by atoms with Gasteiger partial charge in [0.15, 0.2) is 0 Å². The lowest BCUT2D eigenvalue weighted by atomic mass is 10.1. The van der Waals surface area contributed by atoms with Gasteiger partial charge < -0.3 is 10.1 Å². The van der Waals surface area contributed by atoms with Crippen molar-refractivity contribution in [3.8, 4) is 0 Å². The summed E-state index contributed by atoms with van der Waals surface area (Å²) < 4.78 is 33.3. The van der Waals surface area contributed by atoms with E-state index in [2.05, 4.69) is 16.3 Å². The van der Waals surface area contributed by atoms with Crippen LogP contribution in [-0.4, -0.2) is 52.1 Å². The third-order valence-corrected chi connectivity index (χ3v) is 8.11. The van der Waals surface area contributed by atoms with Crippen LogP contribution in [0, 0.1) is 0 Å². The van der Waals surface area contributed by atoms with E-state index in [1.54, 1.807) is 24.3 Å². The van der Waals surface area contributed by atoms with Crippen molar-refractivity contribution in [2.24, 2.45) is 0 Å². The number of benzene rings is 3. The lowest BCUT2D eigenvalue weighted by molar-refractivity contribution is -0.119. The van der Waals surface area contributed by atoms with Gasteiger partial charge in [0.2, 0.25) is 5.91 Å². The summed E-state index contributed by atoms with van der Waals surface area (Å²) in [7, 11) is -4.08. The fraction of sp³-hybridized carbons (Fsp3) is 0.269. The molecule has 0 atom stereocenters. The molecule has 1 aliphatic rings. The summed E-state index contributed by atoms with van der Waals surface area (Å²) in [6.07, 6.45) is 0. The molecule has 0 bridgehead atoms. The van der Waals surface area contributed by atoms with Crippen LogP contribution in [-0.2, 0) is 32.6 Å². The smallest absolute Gasteiger partial charge is 0.264 e. The topological polar surface area (TPSA) is 79.0 Å². The van der Waals surface area contributed by atoms with Crippen molar-refractivity contribution in [2.75, 3.05) is 37.2 Å². The Hall–Kier alpha value is -2.62. The second kappa shape index (κ2) is 12.1. The molecule has 0 aromatic heterocycles. The van der Waals surface area contributed by atoms with Crippen molar-refractivity contribution in [3.05, 3.63) is 94.0 Å². The largest absolute Gasteiger partial charge is 0.379 e. The first-order valence-electron chi connectivity index (χ1n) is 11.5. The second-order valence-corrected chi connectivity index (χ2v) is 11.1. The van der Waals surface area contributed by atoms with Gasteiger partial charge in [-0.1, -0.05) is 65.7 Å². The molecule has 3 aromatic carbocycles. The zero-order valence-corrected chi connectivity index (χ0v) is 21.9. The Morgan fingerprint density at radius 3 is 2.42 bits per heavy atom. The van der Waals surface area contributed by atoms with Crippen molar-refractivity contribution < 1.29 is 17.9 Å². The van der Waals surface area contributed by atoms with Crippen LogP contribution in [0.5, 0.6) is 0 Å². The van der Waals surface area contributed by atoms with Crippen molar-refractivity contribution in [1.29, 1.82) is 0 Å². The average molecular weight is 548 g/mol. The number of carbonyl (C=O) groups is 1. The second-order valence-electron chi connectivity index (χ2n) is 8.41. The molecule has 1 amide bonds. The van der Waals surface area contributed by atoms with Gasteiger partial charge in [-0.05, 0) is 41.5 Å². The molecule has 0 aliphatic carbocycles. The normalized spacial score (nSPS) is 14.4. The van der Waals surface area contributed by atoms with E-state index in [-0.39, 0.29) is 22.2 Å². The van der Waals surface area contributed by atoms with Crippen LogP contribution in [0.1, 0.15) is 11.1 Å². The number of carbonyl (C=O) groups excluding carboxylic acids is 1. The minimum atomic E-state index is -4.08. The molecular weight excluding hydrogens is 521 g/mol. The molecular formula is C26H27Cl2N3O4S. The summed E-state index contributed by atoms with van der Waals surface area (Å²) in [6, 6.07) is 20.4. The Morgan fingerprint density at radius 2 is 1.67 bits per heavy atom. The molecule has 0 saturated carbocycles. The zero-order chi connectivity index (χ0) is 25.5. The van der Waals surface area contributed by atoms with Crippen molar-refractivity contribution >= 4 is 44.8 Å². The number of hydrogen-bond donors (Lipinski definition) is 1. The maximum Gasteiger partial charge on any atom is 0.264 e. The molecule has 3 aromatic rings. The van der Waals surface area contributed by atoms with E-state index in [0.717, 1.165) is 48.3 Å². The van der Waals surface area contributed by atoms with Crippen LogP contribution < -0.4 is 9.62 Å². The van der Waals surface area contributed by atoms with Crippen LogP contribution >= 0.6 is 23.2 Å². The van der Waals surface area contributed by atoms with E-state index in [4.69, 9.17) is 27.9 Å². The molecule has 0 radical (unpaired) electrons. The Morgan fingerprint density at radius 1 is 0.944 bits per heavy atom. The molecule has 1 N–H and O–H groups in total. The number of morpholine rings is 1. The van der Waals surface area contributed by atoms with E-state index >= 15 is 0 Å². The summed E-state index contributed by atoms with van der Waals surface area (Å²) in [5.74, 6) is -0.468. The van der Waals surface area contributed by atoms with Gasteiger partial charge in [-0.3, -0.25) is 14.0 Å². The van der Waals surface area contributed by atoms with Gasteiger partial charge in [0.05, 0.1) is 28.8 Å². The quantitative estimate of drug-likeness (QED) is 0.431. The Bertz CT molecular complexity index is 1300. The first kappa shape index (κ1) is 26.4. The fourth-order valence-electron chi connectivity index (χ4n) is 3.94. The molecule has 1 fully saturated rings. The summed E-state index contributed by atoms with van der Waals surface area (Å²) >= 11 is 12.5. The lowest BCUT2D eigenvalue weighted by Gasteiger charge is -2.26. The number of nitrogens with one attached hydrogen (secondary N) is 1. The van der Waals surface area contributed by atoms with E-state index < -0.39 is 22.5 Å². The highest BCUT2D eigenvalue weighted by atomic mass is 35.5. The summed E-state index contributed by atoms with van der Waals surface area (Å²) in [6.45, 7) is 3.85. The third-order valence-electron chi connectivity index (χ3n) is 5.79. The number of nitrogens with zero attached hydrogens (tertiary/aromatic N) is 2. The molecule has 190 valence electrons. The van der Waals surface area contributed by atoms with Crippen molar-refractivity contribution in [1.82, 2.24) is 10.2 Å². The number of ether oxygens (including phenoxy) is 1. The SMILES string of the molecule is O=C(CN(c1cc(Cl)ccc1Cl)S(=O)(=O)c1ccccc1)NCc1cccc(CN2CCOCC2)c1. The Labute approximate surface area is 221 Å². The van der Waals surface area contributed by atoms with Gasteiger partial charge in [-0.2, -0.15) is 0 Å². The maximum absolute atomic E-state index is 13.5. The van der Waals surface area contributed by atoms with Crippen molar-refractivity contribution in [3.63, 3.8) is 0 Å². The first-order valence-corrected chi connectivity index (χ1v) is 13.7. The Kier molecular flexibility index (Phi) is 8.87. The zero-order valence-electron chi connectivity index (χ0n) is 19.6.